The minimum Gasteiger partial charge on any atom is -0.469 e. The number of hydrogen-bond acceptors (Lipinski definition) is 4. The fraction of sp³-hybridized carbons (Fsp3) is 0.250. The van der Waals surface area contributed by atoms with Gasteiger partial charge in [0.15, 0.2) is 0 Å². The number of methoxy groups -OCH3 is 1. The molecule has 1 aromatic rings. The van der Waals surface area contributed by atoms with Crippen LogP contribution in [0.1, 0.15) is 5.56 Å². The number of carbonyl (C=O) groups excluding carboxylic acids is 1. The van der Waals surface area contributed by atoms with Gasteiger partial charge in [0.05, 0.1) is 13.5 Å². The number of rotatable bonds is 2. The average Bonchev–Trinajstić information content (AvgIpc) is 2.09. The number of nitrogen functional groups attached to an aromatic ring is 1. The largest absolute Gasteiger partial charge is 0.469 e. The van der Waals surface area contributed by atoms with Crippen LogP contribution in [-0.4, -0.2) is 18.1 Å². The molecule has 0 saturated heterocycles. The lowest BCUT2D eigenvalue weighted by atomic mass is 10.2. The third-order valence-electron chi connectivity index (χ3n) is 1.51. The summed E-state index contributed by atoms with van der Waals surface area (Å²) in [5.74, 6) is -1.15. The standard InChI is InChI=1S/C8H9FN2O2/c1-13-7(12)4-5-2-3-6(10)11-8(5)9/h2-3H,4H2,1H3,(H2,10,11). The van der Waals surface area contributed by atoms with E-state index in [9.17, 15) is 9.18 Å². The molecular formula is C8H9FN2O2. The van der Waals surface area contributed by atoms with Gasteiger partial charge in [-0.2, -0.15) is 4.39 Å². The molecule has 1 aromatic heterocycles. The number of nitrogens with two attached hydrogens (primary N) is 1. The van der Waals surface area contributed by atoms with Crippen LogP contribution in [0, 0.1) is 5.95 Å². The highest BCUT2D eigenvalue weighted by Crippen LogP contribution is 2.08. The summed E-state index contributed by atoms with van der Waals surface area (Å²) in [5.41, 5.74) is 5.41. The summed E-state index contributed by atoms with van der Waals surface area (Å²) in [7, 11) is 1.24. The SMILES string of the molecule is COC(=O)Cc1ccc(N)nc1F. The molecule has 0 aromatic carbocycles. The van der Waals surface area contributed by atoms with E-state index in [1.165, 1.54) is 19.2 Å². The third kappa shape index (κ3) is 2.40. The van der Waals surface area contributed by atoms with E-state index in [2.05, 4.69) is 9.72 Å². The minimum atomic E-state index is -0.731. The zero-order chi connectivity index (χ0) is 9.84. The van der Waals surface area contributed by atoms with Crippen LogP contribution in [0.25, 0.3) is 0 Å². The predicted molar refractivity (Wildman–Crippen MR) is 44.3 cm³/mol. The summed E-state index contributed by atoms with van der Waals surface area (Å²) in [6, 6.07) is 2.84. The lowest BCUT2D eigenvalue weighted by Gasteiger charge is -2.01. The van der Waals surface area contributed by atoms with Crippen LogP contribution in [0.2, 0.25) is 0 Å². The molecule has 0 amide bonds. The van der Waals surface area contributed by atoms with Crippen LogP contribution >= 0.6 is 0 Å². The molecule has 0 fully saturated rings. The third-order valence-corrected chi connectivity index (χ3v) is 1.51. The average molecular weight is 184 g/mol. The Balaban J connectivity index is 2.83. The first-order chi connectivity index (χ1) is 6.13. The van der Waals surface area contributed by atoms with Gasteiger partial charge in [-0.3, -0.25) is 4.79 Å². The van der Waals surface area contributed by atoms with Gasteiger partial charge < -0.3 is 10.5 Å². The summed E-state index contributed by atoms with van der Waals surface area (Å²) in [4.78, 5) is 14.1. The number of esters is 1. The number of carbonyl (C=O) groups is 1. The first kappa shape index (κ1) is 9.44. The Labute approximate surface area is 74.5 Å². The van der Waals surface area contributed by atoms with E-state index < -0.39 is 11.9 Å². The molecule has 0 saturated carbocycles. The van der Waals surface area contributed by atoms with E-state index in [1.807, 2.05) is 0 Å². The van der Waals surface area contributed by atoms with Gasteiger partial charge >= 0.3 is 5.97 Å². The molecule has 0 aliphatic heterocycles. The molecular weight excluding hydrogens is 175 g/mol. The summed E-state index contributed by atoms with van der Waals surface area (Å²) >= 11 is 0. The molecule has 4 nitrogen and oxygen atoms in total. The van der Waals surface area contributed by atoms with Crippen molar-refractivity contribution >= 4 is 11.8 Å². The van der Waals surface area contributed by atoms with Crippen LogP contribution < -0.4 is 5.73 Å². The van der Waals surface area contributed by atoms with Gasteiger partial charge in [0.25, 0.3) is 0 Å². The number of pyridine rings is 1. The molecule has 0 radical (unpaired) electrons. The van der Waals surface area contributed by atoms with Crippen molar-refractivity contribution in [2.75, 3.05) is 12.8 Å². The number of aromatic nitrogens is 1. The molecule has 0 aliphatic carbocycles. The van der Waals surface area contributed by atoms with Gasteiger partial charge in [-0.05, 0) is 6.07 Å². The van der Waals surface area contributed by atoms with Crippen molar-refractivity contribution < 1.29 is 13.9 Å². The predicted octanol–water partition coefficient (Wildman–Crippen LogP) is 0.518. The van der Waals surface area contributed by atoms with E-state index in [4.69, 9.17) is 5.73 Å². The van der Waals surface area contributed by atoms with E-state index in [-0.39, 0.29) is 17.8 Å². The van der Waals surface area contributed by atoms with Gasteiger partial charge in [0.2, 0.25) is 5.95 Å². The van der Waals surface area contributed by atoms with Gasteiger partial charge in [0.1, 0.15) is 5.82 Å². The number of hydrogen-bond donors (Lipinski definition) is 1. The molecule has 0 aliphatic rings. The number of halogens is 1. The second kappa shape index (κ2) is 3.84. The Hall–Kier alpha value is -1.65. The van der Waals surface area contributed by atoms with Crippen molar-refractivity contribution in [3.63, 3.8) is 0 Å². The van der Waals surface area contributed by atoms with E-state index in [0.29, 0.717) is 0 Å². The van der Waals surface area contributed by atoms with Gasteiger partial charge in [-0.25, -0.2) is 4.98 Å². The van der Waals surface area contributed by atoms with Crippen molar-refractivity contribution in [1.29, 1.82) is 0 Å². The number of anilines is 1. The fourth-order valence-corrected chi connectivity index (χ4v) is 0.837. The molecule has 2 N–H and O–H groups in total. The van der Waals surface area contributed by atoms with Gasteiger partial charge in [-0.1, -0.05) is 6.07 Å². The van der Waals surface area contributed by atoms with Crippen LogP contribution in [0.5, 0.6) is 0 Å². The van der Waals surface area contributed by atoms with Crippen LogP contribution in [0.4, 0.5) is 10.2 Å². The maximum atomic E-state index is 12.9. The second-order valence-electron chi connectivity index (χ2n) is 2.44. The maximum absolute atomic E-state index is 12.9. The smallest absolute Gasteiger partial charge is 0.310 e. The van der Waals surface area contributed by atoms with Crippen molar-refractivity contribution in [2.24, 2.45) is 0 Å². The quantitative estimate of drug-likeness (QED) is 0.537. The lowest BCUT2D eigenvalue weighted by Crippen LogP contribution is -2.07. The van der Waals surface area contributed by atoms with Crippen LogP contribution in [0.15, 0.2) is 12.1 Å². The first-order valence-corrected chi connectivity index (χ1v) is 3.61. The van der Waals surface area contributed by atoms with Crippen molar-refractivity contribution in [2.45, 2.75) is 6.42 Å². The molecule has 5 heteroatoms. The van der Waals surface area contributed by atoms with Crippen LogP contribution in [-0.2, 0) is 16.0 Å². The van der Waals surface area contributed by atoms with Crippen molar-refractivity contribution in [3.8, 4) is 0 Å². The summed E-state index contributed by atoms with van der Waals surface area (Å²) < 4.78 is 17.3. The Kier molecular flexibility index (Phi) is 2.79. The van der Waals surface area contributed by atoms with E-state index >= 15 is 0 Å². The minimum absolute atomic E-state index is 0.0890. The van der Waals surface area contributed by atoms with Crippen molar-refractivity contribution in [1.82, 2.24) is 4.98 Å². The Morgan fingerprint density at radius 3 is 2.92 bits per heavy atom. The summed E-state index contributed by atoms with van der Waals surface area (Å²) in [6.07, 6.45) is -0.129. The first-order valence-electron chi connectivity index (χ1n) is 3.61. The normalized spacial score (nSPS) is 9.69. The van der Waals surface area contributed by atoms with Crippen molar-refractivity contribution in [3.05, 3.63) is 23.6 Å². The fourth-order valence-electron chi connectivity index (χ4n) is 0.837. The molecule has 1 rings (SSSR count). The molecule has 0 bridgehead atoms. The van der Waals surface area contributed by atoms with Crippen LogP contribution in [0.3, 0.4) is 0 Å². The molecule has 0 atom stereocenters. The maximum Gasteiger partial charge on any atom is 0.310 e. The van der Waals surface area contributed by atoms with E-state index in [0.717, 1.165) is 0 Å². The summed E-state index contributed by atoms with van der Waals surface area (Å²) in [5, 5.41) is 0. The zero-order valence-corrected chi connectivity index (χ0v) is 7.08. The lowest BCUT2D eigenvalue weighted by molar-refractivity contribution is -0.139. The van der Waals surface area contributed by atoms with Gasteiger partial charge in [0, 0.05) is 5.56 Å². The highest BCUT2D eigenvalue weighted by Gasteiger charge is 2.08. The highest BCUT2D eigenvalue weighted by atomic mass is 19.1. The monoisotopic (exact) mass is 184 g/mol. The Bertz CT molecular complexity index is 328. The number of nitrogens with zero attached hydrogens (tertiary/aromatic N) is 1. The Morgan fingerprint density at radius 1 is 1.69 bits per heavy atom. The summed E-state index contributed by atoms with van der Waals surface area (Å²) in [6.45, 7) is 0. The topological polar surface area (TPSA) is 65.2 Å². The molecule has 70 valence electrons. The molecule has 13 heavy (non-hydrogen) atoms. The number of ether oxygens (including phenoxy) is 1. The Morgan fingerprint density at radius 2 is 2.38 bits per heavy atom. The second-order valence-corrected chi connectivity index (χ2v) is 2.44. The molecule has 0 spiro atoms. The highest BCUT2D eigenvalue weighted by molar-refractivity contribution is 5.72. The zero-order valence-electron chi connectivity index (χ0n) is 7.08. The molecule has 1 heterocycles. The molecule has 0 unspecified atom stereocenters. The van der Waals surface area contributed by atoms with E-state index in [1.54, 1.807) is 0 Å². The van der Waals surface area contributed by atoms with Gasteiger partial charge in [-0.15, -0.1) is 0 Å².